The summed E-state index contributed by atoms with van der Waals surface area (Å²) in [5, 5.41) is 9.09. The zero-order chi connectivity index (χ0) is 18.6. The Morgan fingerprint density at radius 3 is 2.58 bits per heavy atom. The highest BCUT2D eigenvalue weighted by Gasteiger charge is 2.33. The normalized spacial score (nSPS) is 18.7. The van der Waals surface area contributed by atoms with E-state index < -0.39 is 10.0 Å². The monoisotopic (exact) mass is 370 g/mol. The van der Waals surface area contributed by atoms with Gasteiger partial charge in [0.15, 0.2) is 0 Å². The molecule has 0 N–H and O–H groups in total. The Bertz CT molecular complexity index is 901. The van der Waals surface area contributed by atoms with E-state index >= 15 is 0 Å². The molecule has 2 aromatic carbocycles. The topological polar surface area (TPSA) is 70.4 Å². The average molecular weight is 370 g/mol. The number of rotatable bonds is 4. The summed E-state index contributed by atoms with van der Waals surface area (Å²) in [4.78, 5) is 0.178. The van der Waals surface area contributed by atoms with Gasteiger partial charge in [0.05, 0.1) is 29.7 Å². The molecule has 2 aromatic rings. The summed E-state index contributed by atoms with van der Waals surface area (Å²) in [6.07, 6.45) is 3.62. The van der Waals surface area contributed by atoms with Gasteiger partial charge in [-0.2, -0.15) is 9.57 Å². The third-order valence-electron chi connectivity index (χ3n) is 4.77. The number of nitrogens with zero attached hydrogens (tertiary/aromatic N) is 2. The summed E-state index contributed by atoms with van der Waals surface area (Å²) in [7, 11) is -2.07. The van der Waals surface area contributed by atoms with Gasteiger partial charge in [-0.05, 0) is 48.7 Å². The lowest BCUT2D eigenvalue weighted by atomic mass is 10.0. The summed E-state index contributed by atoms with van der Waals surface area (Å²) in [5.74, 6) is 0.749. The van der Waals surface area contributed by atoms with Crippen molar-refractivity contribution in [2.45, 2.75) is 36.6 Å². The molecule has 0 radical (unpaired) electrons. The number of benzene rings is 2. The Hall–Kier alpha value is -2.36. The lowest BCUT2D eigenvalue weighted by Crippen LogP contribution is -2.34. The highest BCUT2D eigenvalue weighted by Crippen LogP contribution is 2.35. The standard InChI is InChI=1S/C20H22N2O3S/c1-25-18-11-9-17(10-12-18)20-8-3-2-4-13-22(20)26(23,24)19-7-5-6-16(14-19)15-21/h5-7,9-12,14,20H,2-4,8,13H2,1H3/t20-/m1/s1. The highest BCUT2D eigenvalue weighted by molar-refractivity contribution is 7.89. The molecule has 1 fully saturated rings. The van der Waals surface area contributed by atoms with Crippen molar-refractivity contribution in [1.29, 1.82) is 5.26 Å². The van der Waals surface area contributed by atoms with Crippen LogP contribution in [0.2, 0.25) is 0 Å². The molecule has 0 unspecified atom stereocenters. The molecule has 0 bridgehead atoms. The lowest BCUT2D eigenvalue weighted by molar-refractivity contribution is 0.328. The van der Waals surface area contributed by atoms with E-state index in [0.717, 1.165) is 37.0 Å². The molecule has 5 nitrogen and oxygen atoms in total. The number of ether oxygens (including phenoxy) is 1. The Morgan fingerprint density at radius 1 is 1.12 bits per heavy atom. The first kappa shape index (κ1) is 18.4. The van der Waals surface area contributed by atoms with Crippen molar-refractivity contribution in [3.63, 3.8) is 0 Å². The predicted octanol–water partition coefficient (Wildman–Crippen LogP) is 3.87. The second kappa shape index (κ2) is 7.90. The van der Waals surface area contributed by atoms with Gasteiger partial charge < -0.3 is 4.74 Å². The minimum Gasteiger partial charge on any atom is -0.497 e. The molecule has 0 amide bonds. The van der Waals surface area contributed by atoms with Gasteiger partial charge in [-0.1, -0.05) is 31.0 Å². The first-order valence-corrected chi connectivity index (χ1v) is 10.2. The van der Waals surface area contributed by atoms with Crippen LogP contribution in [0.4, 0.5) is 0 Å². The maximum absolute atomic E-state index is 13.3. The maximum Gasteiger partial charge on any atom is 0.243 e. The minimum atomic E-state index is -3.68. The molecular formula is C20H22N2O3S. The smallest absolute Gasteiger partial charge is 0.243 e. The summed E-state index contributed by atoms with van der Waals surface area (Å²) >= 11 is 0. The van der Waals surface area contributed by atoms with Crippen LogP contribution in [0.5, 0.6) is 5.75 Å². The third kappa shape index (κ3) is 3.74. The zero-order valence-electron chi connectivity index (χ0n) is 14.8. The molecule has 0 saturated carbocycles. The van der Waals surface area contributed by atoms with Crippen LogP contribution in [0.3, 0.4) is 0 Å². The van der Waals surface area contributed by atoms with E-state index in [0.29, 0.717) is 12.1 Å². The molecule has 0 spiro atoms. The molecular weight excluding hydrogens is 348 g/mol. The first-order chi connectivity index (χ1) is 12.6. The van der Waals surface area contributed by atoms with Crippen LogP contribution in [0, 0.1) is 11.3 Å². The van der Waals surface area contributed by atoms with E-state index in [9.17, 15) is 8.42 Å². The van der Waals surface area contributed by atoms with Gasteiger partial charge in [-0.15, -0.1) is 0 Å². The van der Waals surface area contributed by atoms with Gasteiger partial charge in [0.2, 0.25) is 10.0 Å². The van der Waals surface area contributed by atoms with Crippen molar-refractivity contribution in [3.05, 3.63) is 59.7 Å². The Kier molecular flexibility index (Phi) is 5.60. The molecule has 1 saturated heterocycles. The maximum atomic E-state index is 13.3. The van der Waals surface area contributed by atoms with Gasteiger partial charge in [-0.3, -0.25) is 0 Å². The van der Waals surface area contributed by atoms with Gasteiger partial charge in [0, 0.05) is 6.54 Å². The summed E-state index contributed by atoms with van der Waals surface area (Å²) in [5.41, 5.74) is 1.31. The van der Waals surface area contributed by atoms with Crippen LogP contribution in [-0.4, -0.2) is 26.4 Å². The molecule has 1 atom stereocenters. The Morgan fingerprint density at radius 2 is 1.88 bits per heavy atom. The Balaban J connectivity index is 2.01. The summed E-state index contributed by atoms with van der Waals surface area (Å²) < 4.78 is 33.4. The van der Waals surface area contributed by atoms with E-state index in [-0.39, 0.29) is 10.9 Å². The van der Waals surface area contributed by atoms with Crippen molar-refractivity contribution in [1.82, 2.24) is 4.31 Å². The van der Waals surface area contributed by atoms with Crippen molar-refractivity contribution >= 4 is 10.0 Å². The van der Waals surface area contributed by atoms with E-state index in [2.05, 4.69) is 0 Å². The largest absolute Gasteiger partial charge is 0.497 e. The fraction of sp³-hybridized carbons (Fsp3) is 0.350. The number of methoxy groups -OCH3 is 1. The number of hydrogen-bond donors (Lipinski definition) is 0. The van der Waals surface area contributed by atoms with Gasteiger partial charge in [-0.25, -0.2) is 8.42 Å². The molecule has 1 aliphatic heterocycles. The third-order valence-corrected chi connectivity index (χ3v) is 6.68. The van der Waals surface area contributed by atoms with Crippen molar-refractivity contribution in [2.75, 3.05) is 13.7 Å². The molecule has 1 heterocycles. The lowest BCUT2D eigenvalue weighted by Gasteiger charge is -2.29. The first-order valence-electron chi connectivity index (χ1n) is 8.72. The van der Waals surface area contributed by atoms with E-state index in [1.807, 2.05) is 30.3 Å². The molecule has 136 valence electrons. The summed E-state index contributed by atoms with van der Waals surface area (Å²) in [6, 6.07) is 15.6. The second-order valence-corrected chi connectivity index (χ2v) is 8.28. The van der Waals surface area contributed by atoms with Gasteiger partial charge in [0.25, 0.3) is 0 Å². The van der Waals surface area contributed by atoms with Crippen LogP contribution in [0.15, 0.2) is 53.4 Å². The highest BCUT2D eigenvalue weighted by atomic mass is 32.2. The number of nitriles is 1. The molecule has 6 heteroatoms. The van der Waals surface area contributed by atoms with Crippen LogP contribution in [0.1, 0.15) is 42.9 Å². The van der Waals surface area contributed by atoms with E-state index in [1.54, 1.807) is 29.6 Å². The van der Waals surface area contributed by atoms with Crippen molar-refractivity contribution in [2.24, 2.45) is 0 Å². The zero-order valence-corrected chi connectivity index (χ0v) is 15.6. The average Bonchev–Trinajstić information content (AvgIpc) is 2.94. The molecule has 3 rings (SSSR count). The van der Waals surface area contributed by atoms with Crippen LogP contribution in [-0.2, 0) is 10.0 Å². The molecule has 0 aliphatic carbocycles. The Labute approximate surface area is 154 Å². The second-order valence-electron chi connectivity index (χ2n) is 6.39. The van der Waals surface area contributed by atoms with Gasteiger partial charge >= 0.3 is 0 Å². The number of hydrogen-bond acceptors (Lipinski definition) is 4. The number of sulfonamides is 1. The predicted molar refractivity (Wildman–Crippen MR) is 99.3 cm³/mol. The van der Waals surface area contributed by atoms with E-state index in [4.69, 9.17) is 10.00 Å². The van der Waals surface area contributed by atoms with Crippen LogP contribution >= 0.6 is 0 Å². The quantitative estimate of drug-likeness (QED) is 0.819. The van der Waals surface area contributed by atoms with Crippen molar-refractivity contribution < 1.29 is 13.2 Å². The fourth-order valence-electron chi connectivity index (χ4n) is 3.39. The van der Waals surface area contributed by atoms with E-state index in [1.165, 1.54) is 6.07 Å². The molecule has 1 aliphatic rings. The molecule has 0 aromatic heterocycles. The minimum absolute atomic E-state index is 0.178. The fourth-order valence-corrected chi connectivity index (χ4v) is 5.12. The molecule has 26 heavy (non-hydrogen) atoms. The van der Waals surface area contributed by atoms with Crippen LogP contribution < -0.4 is 4.74 Å². The van der Waals surface area contributed by atoms with Gasteiger partial charge in [0.1, 0.15) is 5.75 Å². The SMILES string of the molecule is COc1ccc([C@H]2CCCCCN2S(=O)(=O)c2cccc(C#N)c2)cc1. The van der Waals surface area contributed by atoms with Crippen molar-refractivity contribution in [3.8, 4) is 11.8 Å². The van der Waals surface area contributed by atoms with Crippen LogP contribution in [0.25, 0.3) is 0 Å². The summed E-state index contributed by atoms with van der Waals surface area (Å²) in [6.45, 7) is 0.482.